The molecule has 0 saturated heterocycles. The number of benzene rings is 6. The summed E-state index contributed by atoms with van der Waals surface area (Å²) in [7, 11) is -15.6. The highest BCUT2D eigenvalue weighted by Crippen LogP contribution is 2.28. The van der Waals surface area contributed by atoms with Crippen molar-refractivity contribution in [1.29, 1.82) is 0 Å². The molecule has 9 rings (SSSR count). The van der Waals surface area contributed by atoms with Crippen LogP contribution in [-0.4, -0.2) is 76.4 Å². The van der Waals surface area contributed by atoms with Crippen LogP contribution in [-0.2, 0) is 39.9 Å². The first kappa shape index (κ1) is 47.5. The number of carbonyl (C=O) groups excluding carboxylic acids is 1. The van der Waals surface area contributed by atoms with Gasteiger partial charge in [0.05, 0.1) is 37.4 Å². The average Bonchev–Trinajstić information content (AvgIpc) is 4.02. The van der Waals surface area contributed by atoms with E-state index in [2.05, 4.69) is 44.8 Å². The van der Waals surface area contributed by atoms with Crippen LogP contribution < -0.4 is 19.9 Å². The molecule has 19 nitrogen and oxygen atoms in total. The number of anilines is 3. The van der Waals surface area contributed by atoms with Crippen molar-refractivity contribution >= 4 is 107 Å². The van der Waals surface area contributed by atoms with E-state index in [-0.39, 0.29) is 31.0 Å². The monoisotopic (exact) mass is 1010 g/mol. The molecule has 67 heavy (non-hydrogen) atoms. The topological polar surface area (TPSA) is 302 Å². The highest BCUT2D eigenvalue weighted by Gasteiger charge is 2.24. The third-order valence-corrected chi connectivity index (χ3v) is 15.0. The zero-order valence-corrected chi connectivity index (χ0v) is 38.1. The number of rotatable bonds is 11. The minimum absolute atomic E-state index is 0.0300. The number of aromatic amines is 3. The number of H-pyrrole nitrogens is 3. The fraction of sp³-hybridized carbons (Fsp3) is 0.0244. The van der Waals surface area contributed by atoms with Gasteiger partial charge >= 0.3 is 0 Å². The molecule has 0 radical (unpaired) electrons. The van der Waals surface area contributed by atoms with E-state index in [1.807, 2.05) is 0 Å². The fourth-order valence-electron chi connectivity index (χ4n) is 6.20. The Hall–Kier alpha value is -7.45. The molecule has 3 aromatic heterocycles. The zero-order valence-electron chi connectivity index (χ0n) is 34.1. The van der Waals surface area contributed by atoms with Gasteiger partial charge in [-0.05, 0) is 103 Å². The SMILES string of the molecule is CS(=O)(=O)c1ccccc1S(=O)(=O)Nc1ccc2[nH]nc(C(N)=O)c2c1.O=S(=O)(Nc1ccc2[nH]ncc2c1)c1cccc(F)c1.O=S(=O)(Nc1ccc2n[nH]c(Cl)c2c1)c1cccc(F)c1. The first-order chi connectivity index (χ1) is 31.6. The van der Waals surface area contributed by atoms with Gasteiger partial charge in [-0.25, -0.2) is 42.5 Å². The third kappa shape index (κ3) is 11.2. The number of halogens is 3. The molecule has 0 fully saturated rings. The van der Waals surface area contributed by atoms with Gasteiger partial charge < -0.3 is 5.73 Å². The summed E-state index contributed by atoms with van der Waals surface area (Å²) in [5.74, 6) is -1.98. The average molecular weight is 1010 g/mol. The summed E-state index contributed by atoms with van der Waals surface area (Å²) >= 11 is 5.91. The van der Waals surface area contributed by atoms with E-state index in [0.717, 1.165) is 29.3 Å². The third-order valence-electron chi connectivity index (χ3n) is 9.25. The molecular weight excluding hydrogens is 978 g/mol. The van der Waals surface area contributed by atoms with E-state index in [1.54, 1.807) is 42.6 Å². The van der Waals surface area contributed by atoms with E-state index < -0.39 is 57.4 Å². The van der Waals surface area contributed by atoms with Crippen LogP contribution in [0.4, 0.5) is 25.8 Å². The van der Waals surface area contributed by atoms with Crippen molar-refractivity contribution in [2.45, 2.75) is 19.6 Å². The molecular formula is C41H33ClF2N10O9S4. The fourth-order valence-corrected chi connectivity index (χ4v) is 11.2. The van der Waals surface area contributed by atoms with Crippen LogP contribution in [0.2, 0.25) is 5.15 Å². The summed E-state index contributed by atoms with van der Waals surface area (Å²) in [6.07, 6.45) is 2.52. The maximum atomic E-state index is 13.1. The van der Waals surface area contributed by atoms with E-state index in [4.69, 9.17) is 17.3 Å². The Kier molecular flexibility index (Phi) is 13.3. The van der Waals surface area contributed by atoms with Gasteiger partial charge in [-0.15, -0.1) is 0 Å². The number of nitrogens with two attached hydrogens (primary N) is 1. The van der Waals surface area contributed by atoms with E-state index in [9.17, 15) is 47.2 Å². The van der Waals surface area contributed by atoms with Crippen LogP contribution in [0.5, 0.6) is 0 Å². The molecule has 3 heterocycles. The van der Waals surface area contributed by atoms with Crippen LogP contribution in [0.25, 0.3) is 32.7 Å². The number of hydrogen-bond donors (Lipinski definition) is 7. The lowest BCUT2D eigenvalue weighted by atomic mass is 10.2. The minimum Gasteiger partial charge on any atom is -0.364 e. The Bertz CT molecular complexity index is 3810. The van der Waals surface area contributed by atoms with Crippen molar-refractivity contribution in [3.63, 3.8) is 0 Å². The van der Waals surface area contributed by atoms with Crippen LogP contribution in [0.1, 0.15) is 10.5 Å². The molecule has 0 aliphatic carbocycles. The lowest BCUT2D eigenvalue weighted by Crippen LogP contribution is -2.16. The summed E-state index contributed by atoms with van der Waals surface area (Å²) < 4.78 is 131. The molecule has 0 atom stereocenters. The molecule has 26 heteroatoms. The van der Waals surface area contributed by atoms with Crippen LogP contribution >= 0.6 is 11.6 Å². The molecule has 0 bridgehead atoms. The Morgan fingerprint density at radius 1 is 0.582 bits per heavy atom. The second kappa shape index (κ2) is 18.8. The molecule has 9 aromatic rings. The van der Waals surface area contributed by atoms with Gasteiger partial charge in [0.25, 0.3) is 36.0 Å². The molecule has 0 aliphatic heterocycles. The Morgan fingerprint density at radius 3 is 1.70 bits per heavy atom. The number of primary amides is 1. The zero-order chi connectivity index (χ0) is 48.3. The van der Waals surface area contributed by atoms with Crippen molar-refractivity contribution in [3.05, 3.63) is 156 Å². The lowest BCUT2D eigenvalue weighted by molar-refractivity contribution is 0.0997. The summed E-state index contributed by atoms with van der Waals surface area (Å²) in [6.45, 7) is 0. The standard InChI is InChI=1S/C15H14N4O5S2.C13H9ClFN3O2S.C13H10FN3O2S/c1-25(21,22)12-4-2-3-5-13(12)26(23,24)19-9-6-7-11-10(8-9)14(15(16)20)18-17-11;14-13-11-7-9(4-5-12(11)16-17-13)18-21(19,20)10-3-1-2-8(15)6-10;14-10-2-1-3-12(7-10)20(18,19)17-11-4-5-13-9(6-11)8-15-16-13/h2-8,19H,1H3,(H2,16,20)(H,17,18);1-7,18H,(H,16,17);1-8,17H,(H,15,16). The van der Waals surface area contributed by atoms with Crippen molar-refractivity contribution in [2.24, 2.45) is 5.73 Å². The number of sulfone groups is 1. The number of aromatic nitrogens is 6. The first-order valence-corrected chi connectivity index (χ1v) is 25.5. The number of amides is 1. The summed E-state index contributed by atoms with van der Waals surface area (Å²) in [5.41, 5.74) is 7.96. The Balaban J connectivity index is 0.000000151. The number of nitrogens with zero attached hydrogens (tertiary/aromatic N) is 3. The molecule has 0 unspecified atom stereocenters. The summed E-state index contributed by atoms with van der Waals surface area (Å²) in [4.78, 5) is 10.4. The molecule has 0 aliphatic rings. The quantitative estimate of drug-likeness (QED) is 0.0728. The number of carbonyl (C=O) groups is 1. The molecule has 6 aromatic carbocycles. The molecule has 0 saturated carbocycles. The van der Waals surface area contributed by atoms with Gasteiger partial charge in [0.2, 0.25) is 0 Å². The van der Waals surface area contributed by atoms with Gasteiger partial charge in [-0.1, -0.05) is 35.9 Å². The molecule has 8 N–H and O–H groups in total. The van der Waals surface area contributed by atoms with Crippen LogP contribution in [0.15, 0.2) is 153 Å². The number of nitrogens with one attached hydrogen (secondary N) is 6. The summed E-state index contributed by atoms with van der Waals surface area (Å²) in [5, 5.41) is 21.6. The number of fused-ring (bicyclic) bond motifs is 3. The Labute approximate surface area is 384 Å². The first-order valence-electron chi connectivity index (χ1n) is 18.8. The summed E-state index contributed by atoms with van der Waals surface area (Å²) in [6, 6.07) is 29.0. The van der Waals surface area contributed by atoms with Gasteiger partial charge in [0.1, 0.15) is 21.7 Å². The van der Waals surface area contributed by atoms with E-state index in [0.29, 0.717) is 38.3 Å². The normalized spacial score (nSPS) is 11.9. The van der Waals surface area contributed by atoms with Crippen molar-refractivity contribution in [3.8, 4) is 0 Å². The second-order valence-corrected chi connectivity index (χ2v) is 21.5. The van der Waals surface area contributed by atoms with Gasteiger partial charge in [-0.2, -0.15) is 15.3 Å². The predicted molar refractivity (Wildman–Crippen MR) is 247 cm³/mol. The van der Waals surface area contributed by atoms with Crippen molar-refractivity contribution in [1.82, 2.24) is 30.6 Å². The molecule has 0 spiro atoms. The van der Waals surface area contributed by atoms with Gasteiger partial charge in [0, 0.05) is 39.5 Å². The van der Waals surface area contributed by atoms with Crippen molar-refractivity contribution < 1.29 is 47.2 Å². The maximum absolute atomic E-state index is 13.1. The highest BCUT2D eigenvalue weighted by atomic mass is 35.5. The largest absolute Gasteiger partial charge is 0.364 e. The minimum atomic E-state index is -4.19. The smallest absolute Gasteiger partial charge is 0.269 e. The number of sulfonamides is 3. The highest BCUT2D eigenvalue weighted by molar-refractivity contribution is 7.95. The van der Waals surface area contributed by atoms with Gasteiger partial charge in [-0.3, -0.25) is 34.3 Å². The Morgan fingerprint density at radius 2 is 1.12 bits per heavy atom. The van der Waals surface area contributed by atoms with E-state index in [1.165, 1.54) is 78.9 Å². The van der Waals surface area contributed by atoms with E-state index >= 15 is 0 Å². The van der Waals surface area contributed by atoms with Gasteiger partial charge in [0.15, 0.2) is 15.5 Å². The van der Waals surface area contributed by atoms with Crippen LogP contribution in [0.3, 0.4) is 0 Å². The van der Waals surface area contributed by atoms with Crippen molar-refractivity contribution in [2.75, 3.05) is 20.4 Å². The molecule has 1 amide bonds. The predicted octanol–water partition coefficient (Wildman–Crippen LogP) is 6.53. The molecule has 346 valence electrons. The second-order valence-electron chi connectivity index (χ2n) is 14.1. The number of hydrogen-bond acceptors (Lipinski definition) is 12. The lowest BCUT2D eigenvalue weighted by Gasteiger charge is -2.11. The van der Waals surface area contributed by atoms with Crippen LogP contribution in [0, 0.1) is 11.6 Å². The maximum Gasteiger partial charge on any atom is 0.269 e.